The van der Waals surface area contributed by atoms with Crippen molar-refractivity contribution in [1.29, 1.82) is 5.26 Å². The Bertz CT molecular complexity index is 985. The molecule has 0 unspecified atom stereocenters. The summed E-state index contributed by atoms with van der Waals surface area (Å²) in [5, 5.41) is 23.1. The molecule has 4 rings (SSSR count). The topological polar surface area (TPSA) is 105 Å². The van der Waals surface area contributed by atoms with Crippen molar-refractivity contribution < 1.29 is 9.47 Å². The van der Waals surface area contributed by atoms with Crippen molar-refractivity contribution in [3.05, 3.63) is 59.8 Å². The van der Waals surface area contributed by atoms with Crippen molar-refractivity contribution in [3.63, 3.8) is 0 Å². The largest absolute Gasteiger partial charge is 0.454 e. The Morgan fingerprint density at radius 1 is 1.12 bits per heavy atom. The second-order valence-corrected chi connectivity index (χ2v) is 5.52. The van der Waals surface area contributed by atoms with E-state index in [1.807, 2.05) is 24.3 Å². The monoisotopic (exact) mass is 346 g/mol. The molecule has 1 aromatic heterocycles. The molecule has 0 amide bonds. The normalized spacial score (nSPS) is 11.7. The van der Waals surface area contributed by atoms with Gasteiger partial charge in [0.2, 0.25) is 12.7 Å². The van der Waals surface area contributed by atoms with Gasteiger partial charge in [0.25, 0.3) is 0 Å². The van der Waals surface area contributed by atoms with E-state index in [9.17, 15) is 0 Å². The van der Waals surface area contributed by atoms with Gasteiger partial charge < -0.3 is 20.1 Å². The quantitative estimate of drug-likeness (QED) is 0.726. The van der Waals surface area contributed by atoms with Gasteiger partial charge in [-0.05, 0) is 35.9 Å². The summed E-state index contributed by atoms with van der Waals surface area (Å²) < 4.78 is 10.7. The first kappa shape index (κ1) is 15.7. The number of rotatable bonds is 5. The molecule has 0 fully saturated rings. The van der Waals surface area contributed by atoms with Gasteiger partial charge in [-0.2, -0.15) is 15.3 Å². The van der Waals surface area contributed by atoms with Crippen LogP contribution in [-0.2, 0) is 6.54 Å². The number of ether oxygens (including phenoxy) is 2. The lowest BCUT2D eigenvalue weighted by Crippen LogP contribution is -2.05. The zero-order valence-electron chi connectivity index (χ0n) is 13.6. The molecule has 2 aromatic carbocycles. The standard InChI is InChI=1S/C18H14N6O2/c19-8-12-2-1-3-14(6-12)22-18-23-17(10-21-24-18)20-9-13-4-5-15-16(7-13)26-11-25-15/h1-7,10H,9,11H2,(H2,20,22,23,24). The van der Waals surface area contributed by atoms with Crippen LogP contribution in [0.1, 0.15) is 11.1 Å². The Kier molecular flexibility index (Phi) is 4.18. The number of hydrogen-bond donors (Lipinski definition) is 2. The molecule has 0 atom stereocenters. The number of anilines is 3. The second kappa shape index (κ2) is 6.94. The minimum atomic E-state index is 0.254. The highest BCUT2D eigenvalue weighted by Crippen LogP contribution is 2.32. The maximum atomic E-state index is 8.96. The van der Waals surface area contributed by atoms with Crippen LogP contribution in [0.4, 0.5) is 17.5 Å². The fourth-order valence-electron chi connectivity index (χ4n) is 2.48. The molecule has 8 nitrogen and oxygen atoms in total. The molecule has 2 heterocycles. The third-order valence-corrected chi connectivity index (χ3v) is 3.72. The van der Waals surface area contributed by atoms with Crippen LogP contribution in [0.15, 0.2) is 48.7 Å². The molecular weight excluding hydrogens is 332 g/mol. The Hall–Kier alpha value is -3.86. The highest BCUT2D eigenvalue weighted by Gasteiger charge is 2.13. The number of nitrogens with one attached hydrogen (secondary N) is 2. The van der Waals surface area contributed by atoms with E-state index in [0.717, 1.165) is 22.7 Å². The molecule has 0 bridgehead atoms. The number of hydrogen-bond acceptors (Lipinski definition) is 8. The molecule has 3 aromatic rings. The number of nitriles is 1. The first-order valence-corrected chi connectivity index (χ1v) is 7.89. The van der Waals surface area contributed by atoms with Crippen LogP contribution in [0.5, 0.6) is 11.5 Å². The van der Waals surface area contributed by atoms with Crippen molar-refractivity contribution in [2.45, 2.75) is 6.54 Å². The summed E-state index contributed by atoms with van der Waals surface area (Å²) in [6, 6.07) is 14.9. The van der Waals surface area contributed by atoms with Gasteiger partial charge in [0.15, 0.2) is 17.3 Å². The lowest BCUT2D eigenvalue weighted by molar-refractivity contribution is 0.174. The molecule has 1 aliphatic rings. The lowest BCUT2D eigenvalue weighted by Gasteiger charge is -2.08. The molecule has 8 heteroatoms. The van der Waals surface area contributed by atoms with Crippen LogP contribution >= 0.6 is 0 Å². The molecule has 0 spiro atoms. The second-order valence-electron chi connectivity index (χ2n) is 5.52. The molecule has 26 heavy (non-hydrogen) atoms. The first-order valence-electron chi connectivity index (χ1n) is 7.89. The van der Waals surface area contributed by atoms with E-state index in [-0.39, 0.29) is 6.79 Å². The predicted molar refractivity (Wildman–Crippen MR) is 94.2 cm³/mol. The smallest absolute Gasteiger partial charge is 0.249 e. The van der Waals surface area contributed by atoms with Gasteiger partial charge in [-0.15, -0.1) is 5.10 Å². The molecule has 0 radical (unpaired) electrons. The SMILES string of the molecule is N#Cc1cccc(Nc2nncc(NCc3ccc4c(c3)OCO4)n2)c1. The van der Waals surface area contributed by atoms with Gasteiger partial charge in [-0.1, -0.05) is 12.1 Å². The van der Waals surface area contributed by atoms with E-state index in [0.29, 0.717) is 23.9 Å². The van der Waals surface area contributed by atoms with E-state index in [2.05, 4.69) is 31.9 Å². The summed E-state index contributed by atoms with van der Waals surface area (Å²) in [5.74, 6) is 2.42. The lowest BCUT2D eigenvalue weighted by atomic mass is 10.2. The molecular formula is C18H14N6O2. The van der Waals surface area contributed by atoms with Crippen molar-refractivity contribution in [3.8, 4) is 17.6 Å². The number of fused-ring (bicyclic) bond motifs is 1. The maximum Gasteiger partial charge on any atom is 0.249 e. The summed E-state index contributed by atoms with van der Waals surface area (Å²) in [6.45, 7) is 0.808. The summed E-state index contributed by atoms with van der Waals surface area (Å²) in [7, 11) is 0. The summed E-state index contributed by atoms with van der Waals surface area (Å²) in [5.41, 5.74) is 2.31. The Morgan fingerprint density at radius 2 is 2.04 bits per heavy atom. The van der Waals surface area contributed by atoms with E-state index in [1.165, 1.54) is 0 Å². The maximum absolute atomic E-state index is 8.96. The molecule has 128 valence electrons. The highest BCUT2D eigenvalue weighted by molar-refractivity contribution is 5.56. The van der Waals surface area contributed by atoms with Crippen LogP contribution in [0.3, 0.4) is 0 Å². The van der Waals surface area contributed by atoms with Crippen LogP contribution in [-0.4, -0.2) is 22.0 Å². The molecule has 0 aliphatic carbocycles. The fraction of sp³-hybridized carbons (Fsp3) is 0.111. The number of aromatic nitrogens is 3. The van der Waals surface area contributed by atoms with Crippen LogP contribution < -0.4 is 20.1 Å². The molecule has 1 aliphatic heterocycles. The highest BCUT2D eigenvalue weighted by atomic mass is 16.7. The fourth-order valence-corrected chi connectivity index (χ4v) is 2.48. The summed E-state index contributed by atoms with van der Waals surface area (Å²) in [4.78, 5) is 4.38. The first-order chi connectivity index (χ1) is 12.8. The Labute approximate surface area is 149 Å². The van der Waals surface area contributed by atoms with Gasteiger partial charge >= 0.3 is 0 Å². The van der Waals surface area contributed by atoms with Crippen molar-refractivity contribution in [2.75, 3.05) is 17.4 Å². The van der Waals surface area contributed by atoms with Gasteiger partial charge in [0.05, 0.1) is 17.8 Å². The van der Waals surface area contributed by atoms with Crippen molar-refractivity contribution in [1.82, 2.24) is 15.2 Å². The molecule has 0 saturated heterocycles. The Morgan fingerprint density at radius 3 is 2.96 bits per heavy atom. The average Bonchev–Trinajstić information content (AvgIpc) is 3.15. The van der Waals surface area contributed by atoms with Crippen molar-refractivity contribution in [2.24, 2.45) is 0 Å². The minimum absolute atomic E-state index is 0.254. The van der Waals surface area contributed by atoms with Crippen LogP contribution in [0, 0.1) is 11.3 Å². The van der Waals surface area contributed by atoms with Gasteiger partial charge in [-0.3, -0.25) is 0 Å². The van der Waals surface area contributed by atoms with E-state index in [4.69, 9.17) is 14.7 Å². The third-order valence-electron chi connectivity index (χ3n) is 3.72. The van der Waals surface area contributed by atoms with Crippen molar-refractivity contribution >= 4 is 17.5 Å². The van der Waals surface area contributed by atoms with Crippen LogP contribution in [0.2, 0.25) is 0 Å². The van der Waals surface area contributed by atoms with Gasteiger partial charge in [0.1, 0.15) is 0 Å². The van der Waals surface area contributed by atoms with Gasteiger partial charge in [-0.25, -0.2) is 0 Å². The zero-order chi connectivity index (χ0) is 17.8. The zero-order valence-corrected chi connectivity index (χ0v) is 13.6. The molecule has 2 N–H and O–H groups in total. The third kappa shape index (κ3) is 3.47. The minimum Gasteiger partial charge on any atom is -0.454 e. The molecule has 0 saturated carbocycles. The summed E-state index contributed by atoms with van der Waals surface area (Å²) >= 11 is 0. The summed E-state index contributed by atoms with van der Waals surface area (Å²) in [6.07, 6.45) is 1.55. The number of nitrogens with zero attached hydrogens (tertiary/aromatic N) is 4. The van der Waals surface area contributed by atoms with Crippen LogP contribution in [0.25, 0.3) is 0 Å². The predicted octanol–water partition coefficient (Wildman–Crippen LogP) is 2.83. The van der Waals surface area contributed by atoms with E-state index in [1.54, 1.807) is 24.4 Å². The Balaban J connectivity index is 1.43. The number of benzene rings is 2. The van der Waals surface area contributed by atoms with E-state index >= 15 is 0 Å². The van der Waals surface area contributed by atoms with E-state index < -0.39 is 0 Å². The average molecular weight is 346 g/mol. The van der Waals surface area contributed by atoms with Gasteiger partial charge in [0, 0.05) is 12.2 Å².